The van der Waals surface area contributed by atoms with Crippen LogP contribution in [-0.4, -0.2) is 9.55 Å². The normalized spacial score (nSPS) is 18.8. The average molecular weight is 253 g/mol. The highest BCUT2D eigenvalue weighted by molar-refractivity contribution is 6.35. The molecule has 0 bridgehead atoms. The Labute approximate surface area is 104 Å². The molecule has 0 saturated carbocycles. The fourth-order valence-electron chi connectivity index (χ4n) is 2.38. The van der Waals surface area contributed by atoms with Crippen LogP contribution in [0.1, 0.15) is 23.6 Å². The van der Waals surface area contributed by atoms with Crippen molar-refractivity contribution in [2.75, 3.05) is 0 Å². The molecule has 0 aliphatic heterocycles. The third-order valence-corrected chi connectivity index (χ3v) is 3.66. The molecule has 4 heteroatoms. The first kappa shape index (κ1) is 10.2. The van der Waals surface area contributed by atoms with Crippen LogP contribution < -0.4 is 0 Å². The van der Waals surface area contributed by atoms with Gasteiger partial charge in [0.05, 0.1) is 12.4 Å². The Bertz CT molecular complexity index is 520. The molecular weight excluding hydrogens is 243 g/mol. The minimum absolute atomic E-state index is 0.327. The molecule has 0 amide bonds. The summed E-state index contributed by atoms with van der Waals surface area (Å²) in [6, 6.07) is 4.16. The summed E-state index contributed by atoms with van der Waals surface area (Å²) in [5.41, 5.74) is 2.46. The summed E-state index contributed by atoms with van der Waals surface area (Å²) in [6.07, 6.45) is 7.69. The third-order valence-electron chi connectivity index (χ3n) is 3.11. The van der Waals surface area contributed by atoms with Crippen molar-refractivity contribution in [1.29, 1.82) is 0 Å². The van der Waals surface area contributed by atoms with Crippen molar-refractivity contribution < 1.29 is 0 Å². The molecule has 1 atom stereocenters. The summed E-state index contributed by atoms with van der Waals surface area (Å²) in [5.74, 6) is 0. The maximum Gasteiger partial charge on any atom is 0.0951 e. The molecule has 1 heterocycles. The van der Waals surface area contributed by atoms with Gasteiger partial charge in [0.15, 0.2) is 0 Å². The Kier molecular flexibility index (Phi) is 2.41. The largest absolute Gasteiger partial charge is 0.330 e. The zero-order valence-electron chi connectivity index (χ0n) is 8.53. The Morgan fingerprint density at radius 3 is 2.94 bits per heavy atom. The number of imidazole rings is 1. The van der Waals surface area contributed by atoms with E-state index in [1.165, 1.54) is 11.1 Å². The van der Waals surface area contributed by atoms with E-state index in [9.17, 15) is 0 Å². The van der Waals surface area contributed by atoms with E-state index in [-0.39, 0.29) is 0 Å². The number of nitrogens with zero attached hydrogens (tertiary/aromatic N) is 2. The van der Waals surface area contributed by atoms with Crippen molar-refractivity contribution in [1.82, 2.24) is 9.55 Å². The van der Waals surface area contributed by atoms with Gasteiger partial charge in [0.1, 0.15) is 0 Å². The standard InChI is InChI=1S/C12H10Cl2N2/c13-8-5-10-9(11(14)6-8)1-2-12(10)16-4-3-15-7-16/h3-7,12H,1-2H2. The zero-order valence-corrected chi connectivity index (χ0v) is 10.0. The highest BCUT2D eigenvalue weighted by atomic mass is 35.5. The van der Waals surface area contributed by atoms with Gasteiger partial charge in [0.2, 0.25) is 0 Å². The van der Waals surface area contributed by atoms with E-state index in [0.29, 0.717) is 11.1 Å². The molecule has 3 rings (SSSR count). The average Bonchev–Trinajstić information content (AvgIpc) is 2.83. The molecule has 0 fully saturated rings. The topological polar surface area (TPSA) is 17.8 Å². The molecule has 1 aliphatic carbocycles. The molecule has 1 aliphatic rings. The Morgan fingerprint density at radius 2 is 2.19 bits per heavy atom. The lowest BCUT2D eigenvalue weighted by atomic mass is 10.1. The van der Waals surface area contributed by atoms with Crippen molar-refractivity contribution in [2.24, 2.45) is 0 Å². The van der Waals surface area contributed by atoms with Gasteiger partial charge in [-0.05, 0) is 36.1 Å². The summed E-state index contributed by atoms with van der Waals surface area (Å²) in [6.45, 7) is 0. The van der Waals surface area contributed by atoms with Crippen molar-refractivity contribution in [3.63, 3.8) is 0 Å². The van der Waals surface area contributed by atoms with Crippen LogP contribution in [0, 0.1) is 0 Å². The highest BCUT2D eigenvalue weighted by Gasteiger charge is 2.25. The molecule has 0 saturated heterocycles. The lowest BCUT2D eigenvalue weighted by Gasteiger charge is -2.13. The lowest BCUT2D eigenvalue weighted by molar-refractivity contribution is 0.579. The molecule has 1 unspecified atom stereocenters. The number of benzene rings is 1. The lowest BCUT2D eigenvalue weighted by Crippen LogP contribution is -2.04. The predicted molar refractivity (Wildman–Crippen MR) is 65.1 cm³/mol. The van der Waals surface area contributed by atoms with E-state index in [1.807, 2.05) is 24.7 Å². The monoisotopic (exact) mass is 252 g/mol. The van der Waals surface area contributed by atoms with Crippen LogP contribution in [0.3, 0.4) is 0 Å². The number of hydrogen-bond donors (Lipinski definition) is 0. The maximum absolute atomic E-state index is 6.19. The van der Waals surface area contributed by atoms with Crippen LogP contribution in [0.25, 0.3) is 0 Å². The molecule has 0 spiro atoms. The second-order valence-corrected chi connectivity index (χ2v) is 4.86. The van der Waals surface area contributed by atoms with Gasteiger partial charge < -0.3 is 4.57 Å². The number of aromatic nitrogens is 2. The number of hydrogen-bond acceptors (Lipinski definition) is 1. The second kappa shape index (κ2) is 3.79. The number of rotatable bonds is 1. The number of halogens is 2. The summed E-state index contributed by atoms with van der Waals surface area (Å²) >= 11 is 12.2. The van der Waals surface area contributed by atoms with Gasteiger partial charge >= 0.3 is 0 Å². The van der Waals surface area contributed by atoms with Crippen LogP contribution in [0.15, 0.2) is 30.9 Å². The fraction of sp³-hybridized carbons (Fsp3) is 0.250. The van der Waals surface area contributed by atoms with Crippen LogP contribution in [-0.2, 0) is 6.42 Å². The van der Waals surface area contributed by atoms with E-state index in [4.69, 9.17) is 23.2 Å². The second-order valence-electron chi connectivity index (χ2n) is 4.02. The van der Waals surface area contributed by atoms with Crippen molar-refractivity contribution >= 4 is 23.2 Å². The first-order chi connectivity index (χ1) is 7.75. The van der Waals surface area contributed by atoms with Crippen LogP contribution >= 0.6 is 23.2 Å². The molecule has 0 radical (unpaired) electrons. The van der Waals surface area contributed by atoms with Gasteiger partial charge in [0.25, 0.3) is 0 Å². The molecule has 2 nitrogen and oxygen atoms in total. The van der Waals surface area contributed by atoms with Crippen LogP contribution in [0.5, 0.6) is 0 Å². The molecule has 16 heavy (non-hydrogen) atoms. The van der Waals surface area contributed by atoms with E-state index >= 15 is 0 Å². The molecule has 2 aromatic rings. The Morgan fingerprint density at radius 1 is 1.31 bits per heavy atom. The zero-order chi connectivity index (χ0) is 11.1. The van der Waals surface area contributed by atoms with E-state index < -0.39 is 0 Å². The van der Waals surface area contributed by atoms with Gasteiger partial charge in [-0.1, -0.05) is 23.2 Å². The Hall–Kier alpha value is -0.990. The first-order valence-corrected chi connectivity index (χ1v) is 5.96. The SMILES string of the molecule is Clc1cc(Cl)c2c(c1)C(n1ccnc1)CC2. The van der Waals surface area contributed by atoms with Gasteiger partial charge in [-0.15, -0.1) is 0 Å². The molecule has 82 valence electrons. The molecule has 1 aromatic carbocycles. The Balaban J connectivity index is 2.12. The number of fused-ring (bicyclic) bond motifs is 1. The van der Waals surface area contributed by atoms with Crippen molar-refractivity contribution in [3.8, 4) is 0 Å². The first-order valence-electron chi connectivity index (χ1n) is 5.21. The van der Waals surface area contributed by atoms with E-state index in [0.717, 1.165) is 17.9 Å². The van der Waals surface area contributed by atoms with Crippen LogP contribution in [0.2, 0.25) is 10.0 Å². The third kappa shape index (κ3) is 1.53. The predicted octanol–water partition coefficient (Wildman–Crippen LogP) is 3.73. The van der Waals surface area contributed by atoms with E-state index in [2.05, 4.69) is 9.55 Å². The summed E-state index contributed by atoms with van der Waals surface area (Å²) < 4.78 is 2.11. The molecule has 0 N–H and O–H groups in total. The van der Waals surface area contributed by atoms with E-state index in [1.54, 1.807) is 6.20 Å². The smallest absolute Gasteiger partial charge is 0.0951 e. The van der Waals surface area contributed by atoms with Gasteiger partial charge in [-0.25, -0.2) is 4.98 Å². The summed E-state index contributed by atoms with van der Waals surface area (Å²) in [4.78, 5) is 4.08. The molecule has 1 aromatic heterocycles. The quantitative estimate of drug-likeness (QED) is 0.757. The molecular formula is C12H10Cl2N2. The van der Waals surface area contributed by atoms with Gasteiger partial charge in [-0.2, -0.15) is 0 Å². The minimum Gasteiger partial charge on any atom is -0.330 e. The van der Waals surface area contributed by atoms with Crippen molar-refractivity contribution in [3.05, 3.63) is 52.0 Å². The van der Waals surface area contributed by atoms with Gasteiger partial charge in [-0.3, -0.25) is 0 Å². The van der Waals surface area contributed by atoms with Crippen molar-refractivity contribution in [2.45, 2.75) is 18.9 Å². The maximum atomic E-state index is 6.19. The van der Waals surface area contributed by atoms with Gasteiger partial charge in [0, 0.05) is 22.4 Å². The highest BCUT2D eigenvalue weighted by Crippen LogP contribution is 2.39. The fourth-order valence-corrected chi connectivity index (χ4v) is 2.99. The van der Waals surface area contributed by atoms with Crippen LogP contribution in [0.4, 0.5) is 0 Å². The minimum atomic E-state index is 0.327. The summed E-state index contributed by atoms with van der Waals surface area (Å²) in [5, 5.41) is 1.49. The summed E-state index contributed by atoms with van der Waals surface area (Å²) in [7, 11) is 0.